The van der Waals surface area contributed by atoms with E-state index in [1.165, 1.54) is 12.8 Å². The van der Waals surface area contributed by atoms with Crippen LogP contribution in [0.5, 0.6) is 5.75 Å². The number of halogens is 2. The second-order valence-corrected chi connectivity index (χ2v) is 7.25. The van der Waals surface area contributed by atoms with E-state index in [1.54, 1.807) is 6.07 Å². The average molecular weight is 330 g/mol. The second kappa shape index (κ2) is 7.71. The molecule has 4 heteroatoms. The summed E-state index contributed by atoms with van der Waals surface area (Å²) in [7, 11) is 0. The number of rotatable bonds is 5. The Bertz CT molecular complexity index is 468. The van der Waals surface area contributed by atoms with Crippen LogP contribution in [0.1, 0.15) is 52.0 Å². The van der Waals surface area contributed by atoms with Gasteiger partial charge in [0.25, 0.3) is 0 Å². The molecule has 1 saturated carbocycles. The normalized spacial score (nSPS) is 22.6. The molecule has 0 unspecified atom stereocenters. The summed E-state index contributed by atoms with van der Waals surface area (Å²) in [5.41, 5.74) is 1.04. The summed E-state index contributed by atoms with van der Waals surface area (Å²) in [4.78, 5) is 0. The zero-order valence-corrected chi connectivity index (χ0v) is 14.6. The van der Waals surface area contributed by atoms with Crippen molar-refractivity contribution in [3.8, 4) is 5.75 Å². The van der Waals surface area contributed by atoms with Gasteiger partial charge in [-0.05, 0) is 43.7 Å². The van der Waals surface area contributed by atoms with Crippen molar-refractivity contribution in [2.75, 3.05) is 0 Å². The molecule has 1 N–H and O–H groups in total. The fourth-order valence-electron chi connectivity index (χ4n) is 2.71. The summed E-state index contributed by atoms with van der Waals surface area (Å²) >= 11 is 12.5. The van der Waals surface area contributed by atoms with Crippen molar-refractivity contribution in [3.63, 3.8) is 0 Å². The lowest BCUT2D eigenvalue weighted by Gasteiger charge is -2.28. The molecule has 21 heavy (non-hydrogen) atoms. The van der Waals surface area contributed by atoms with Crippen molar-refractivity contribution in [2.45, 2.75) is 65.1 Å². The van der Waals surface area contributed by atoms with Crippen molar-refractivity contribution in [3.05, 3.63) is 27.7 Å². The quantitative estimate of drug-likeness (QED) is 0.775. The summed E-state index contributed by atoms with van der Waals surface area (Å²) in [5, 5.41) is 4.67. The molecule has 0 saturated heterocycles. The first-order chi connectivity index (χ1) is 9.95. The molecule has 0 atom stereocenters. The Morgan fingerprint density at radius 1 is 1.19 bits per heavy atom. The van der Waals surface area contributed by atoms with Crippen LogP contribution in [-0.4, -0.2) is 12.1 Å². The largest absolute Gasteiger partial charge is 0.489 e. The number of benzene rings is 1. The highest BCUT2D eigenvalue weighted by Crippen LogP contribution is 2.36. The van der Waals surface area contributed by atoms with E-state index in [9.17, 15) is 0 Å². The maximum absolute atomic E-state index is 6.36. The Morgan fingerprint density at radius 3 is 2.48 bits per heavy atom. The second-order valence-electron chi connectivity index (χ2n) is 6.41. The minimum atomic E-state index is 0.276. The van der Waals surface area contributed by atoms with Crippen molar-refractivity contribution in [1.29, 1.82) is 0 Å². The summed E-state index contributed by atoms with van der Waals surface area (Å²) in [6, 6.07) is 4.12. The molecule has 0 amide bonds. The van der Waals surface area contributed by atoms with Gasteiger partial charge in [-0.15, -0.1) is 0 Å². The van der Waals surface area contributed by atoms with Gasteiger partial charge in [-0.25, -0.2) is 0 Å². The van der Waals surface area contributed by atoms with E-state index in [-0.39, 0.29) is 6.10 Å². The van der Waals surface area contributed by atoms with Crippen LogP contribution in [0.25, 0.3) is 0 Å². The molecule has 1 aliphatic carbocycles. The average Bonchev–Trinajstić information content (AvgIpc) is 2.42. The fourth-order valence-corrected chi connectivity index (χ4v) is 3.29. The van der Waals surface area contributed by atoms with Crippen LogP contribution in [0.4, 0.5) is 0 Å². The number of hydrogen-bond acceptors (Lipinski definition) is 2. The molecule has 1 fully saturated rings. The maximum atomic E-state index is 6.36. The van der Waals surface area contributed by atoms with E-state index in [4.69, 9.17) is 27.9 Å². The predicted octanol–water partition coefficient (Wildman–Crippen LogP) is 5.45. The first-order valence-corrected chi connectivity index (χ1v) is 8.59. The lowest BCUT2D eigenvalue weighted by atomic mass is 9.89. The molecule has 0 spiro atoms. The fraction of sp³-hybridized carbons (Fsp3) is 0.647. The van der Waals surface area contributed by atoms with E-state index in [0.717, 1.165) is 36.6 Å². The van der Waals surface area contributed by atoms with Crippen LogP contribution in [-0.2, 0) is 6.54 Å². The van der Waals surface area contributed by atoms with Gasteiger partial charge in [0.05, 0.1) is 11.1 Å². The van der Waals surface area contributed by atoms with Crippen LogP contribution in [0, 0.1) is 5.92 Å². The highest BCUT2D eigenvalue weighted by Gasteiger charge is 2.22. The van der Waals surface area contributed by atoms with Crippen LogP contribution >= 0.6 is 23.2 Å². The molecular weight excluding hydrogens is 305 g/mol. The lowest BCUT2D eigenvalue weighted by molar-refractivity contribution is 0.134. The summed E-state index contributed by atoms with van der Waals surface area (Å²) < 4.78 is 6.22. The Morgan fingerprint density at radius 2 is 1.86 bits per heavy atom. The molecule has 2 rings (SSSR count). The molecule has 0 aromatic heterocycles. The monoisotopic (exact) mass is 329 g/mol. The van der Waals surface area contributed by atoms with Gasteiger partial charge in [0.15, 0.2) is 0 Å². The Hall–Kier alpha value is -0.440. The van der Waals surface area contributed by atoms with E-state index in [0.29, 0.717) is 16.1 Å². The molecule has 2 nitrogen and oxygen atoms in total. The van der Waals surface area contributed by atoms with Crippen molar-refractivity contribution >= 4 is 23.2 Å². The van der Waals surface area contributed by atoms with E-state index >= 15 is 0 Å². The molecule has 1 aromatic rings. The maximum Gasteiger partial charge on any atom is 0.142 e. The van der Waals surface area contributed by atoms with Gasteiger partial charge in [-0.1, -0.05) is 44.0 Å². The molecule has 0 heterocycles. The van der Waals surface area contributed by atoms with Gasteiger partial charge in [-0.2, -0.15) is 0 Å². The highest BCUT2D eigenvalue weighted by molar-refractivity contribution is 6.35. The van der Waals surface area contributed by atoms with Crippen LogP contribution in [0.15, 0.2) is 12.1 Å². The Kier molecular flexibility index (Phi) is 6.21. The number of hydrogen-bond donors (Lipinski definition) is 1. The van der Waals surface area contributed by atoms with Gasteiger partial charge >= 0.3 is 0 Å². The van der Waals surface area contributed by atoms with Crippen LogP contribution in [0.2, 0.25) is 10.0 Å². The Labute approximate surface area is 138 Å². The number of ether oxygens (including phenoxy) is 1. The molecule has 0 radical (unpaired) electrons. The predicted molar refractivity (Wildman–Crippen MR) is 90.5 cm³/mol. The van der Waals surface area contributed by atoms with E-state index in [1.807, 2.05) is 6.07 Å². The molecule has 118 valence electrons. The van der Waals surface area contributed by atoms with Crippen LogP contribution < -0.4 is 10.1 Å². The Balaban J connectivity index is 2.12. The third-order valence-corrected chi connectivity index (χ3v) is 4.53. The zero-order valence-electron chi connectivity index (χ0n) is 13.1. The first kappa shape index (κ1) is 16.9. The molecular formula is C17H25Cl2NO. The number of nitrogens with one attached hydrogen (secondary N) is 1. The summed E-state index contributed by atoms with van der Waals surface area (Å²) in [5.74, 6) is 1.61. The topological polar surface area (TPSA) is 21.3 Å². The standard InChI is InChI=1S/C17H25Cl2NO/c1-11(2)20-10-13-8-14(18)9-16(19)17(13)21-15-6-4-12(3)5-7-15/h8-9,11-12,15,20H,4-7,10H2,1-3H3. The van der Waals surface area contributed by atoms with Gasteiger partial charge in [0, 0.05) is 23.2 Å². The van der Waals surface area contributed by atoms with Gasteiger partial charge in [0.1, 0.15) is 5.75 Å². The van der Waals surface area contributed by atoms with Gasteiger partial charge in [-0.3, -0.25) is 0 Å². The lowest BCUT2D eigenvalue weighted by Crippen LogP contribution is -2.25. The summed E-state index contributed by atoms with van der Waals surface area (Å²) in [6.07, 6.45) is 4.96. The highest BCUT2D eigenvalue weighted by atomic mass is 35.5. The minimum Gasteiger partial charge on any atom is -0.489 e. The van der Waals surface area contributed by atoms with Crippen molar-refractivity contribution in [2.24, 2.45) is 5.92 Å². The molecule has 1 aliphatic rings. The third-order valence-electron chi connectivity index (χ3n) is 4.03. The van der Waals surface area contributed by atoms with Crippen molar-refractivity contribution in [1.82, 2.24) is 5.32 Å². The van der Waals surface area contributed by atoms with Crippen molar-refractivity contribution < 1.29 is 4.74 Å². The zero-order chi connectivity index (χ0) is 15.4. The van der Waals surface area contributed by atoms with Gasteiger partial charge in [0.2, 0.25) is 0 Å². The smallest absolute Gasteiger partial charge is 0.142 e. The first-order valence-electron chi connectivity index (χ1n) is 7.83. The van der Waals surface area contributed by atoms with E-state index in [2.05, 4.69) is 26.1 Å². The van der Waals surface area contributed by atoms with Gasteiger partial charge < -0.3 is 10.1 Å². The molecule has 0 aliphatic heterocycles. The minimum absolute atomic E-state index is 0.276. The third kappa shape index (κ3) is 5.05. The van der Waals surface area contributed by atoms with E-state index < -0.39 is 0 Å². The molecule has 0 bridgehead atoms. The van der Waals surface area contributed by atoms with Crippen LogP contribution in [0.3, 0.4) is 0 Å². The SMILES string of the molecule is CC1CCC(Oc2c(Cl)cc(Cl)cc2CNC(C)C)CC1. The molecule has 1 aromatic carbocycles. The summed E-state index contributed by atoms with van der Waals surface area (Å²) in [6.45, 7) is 7.27.